The molecule has 10 aromatic rings. The molecule has 0 saturated carbocycles. The van der Waals surface area contributed by atoms with E-state index in [0.29, 0.717) is 46.2 Å². The van der Waals surface area contributed by atoms with Gasteiger partial charge in [0, 0.05) is 83.2 Å². The second kappa shape index (κ2) is 29.2. The fourth-order valence-electron chi connectivity index (χ4n) is 6.89. The minimum absolute atomic E-state index is 0. The van der Waals surface area contributed by atoms with Gasteiger partial charge in [0.1, 0.15) is 32.2 Å². The summed E-state index contributed by atoms with van der Waals surface area (Å²) in [6.07, 6.45) is 7.42. The number of likely N-dealkylation sites (N-methyl/N-ethyl adjacent to an activating group) is 1. The van der Waals surface area contributed by atoms with Crippen LogP contribution in [0.3, 0.4) is 0 Å². The Balaban J connectivity index is 0.000000188. The number of amides is 1. The van der Waals surface area contributed by atoms with Gasteiger partial charge in [-0.25, -0.2) is 29.9 Å². The maximum absolute atomic E-state index is 10.5. The molecular weight excluding hydrogens is 1100 g/mol. The number of nitrogens with two attached hydrogens (primary N) is 4. The quantitative estimate of drug-likeness (QED) is 0.0497. The van der Waals surface area contributed by atoms with E-state index in [9.17, 15) is 4.79 Å². The highest BCUT2D eigenvalue weighted by atomic mass is 35.5. The van der Waals surface area contributed by atoms with Crippen LogP contribution in [0, 0.1) is 0 Å². The molecule has 26 nitrogen and oxygen atoms in total. The van der Waals surface area contributed by atoms with Crippen LogP contribution >= 0.6 is 46.4 Å². The number of piperazine rings is 1. The highest BCUT2D eigenvalue weighted by molar-refractivity contribution is 6.33. The number of hydrogen-bond acceptors (Lipinski definition) is 23. The van der Waals surface area contributed by atoms with Crippen molar-refractivity contribution in [2.75, 3.05) is 91.1 Å². The highest BCUT2D eigenvalue weighted by Gasteiger charge is 2.19. The Morgan fingerprint density at radius 2 is 1.22 bits per heavy atom. The Hall–Kier alpha value is -8.69. The molecule has 0 unspecified atom stereocenters. The van der Waals surface area contributed by atoms with Crippen LogP contribution in [0.15, 0.2) is 123 Å². The second-order valence-corrected chi connectivity index (χ2v) is 17.8. The molecular formula is C49H57Cl4N21O5. The average Bonchev–Trinajstić information content (AvgIpc) is 4.37. The third-order valence-electron chi connectivity index (χ3n) is 10.5. The third kappa shape index (κ3) is 17.9. The summed E-state index contributed by atoms with van der Waals surface area (Å²) in [5.41, 5.74) is 29.6. The van der Waals surface area contributed by atoms with Crippen molar-refractivity contribution in [1.82, 2.24) is 69.4 Å². The van der Waals surface area contributed by atoms with E-state index in [0.717, 1.165) is 63.9 Å². The lowest BCUT2D eigenvalue weighted by molar-refractivity contribution is -0.118. The topological polar surface area (TPSA) is 341 Å². The summed E-state index contributed by atoms with van der Waals surface area (Å²) in [7, 11) is 2.03. The molecule has 9 aromatic heterocycles. The van der Waals surface area contributed by atoms with Crippen molar-refractivity contribution in [2.45, 2.75) is 27.7 Å². The number of fused-ring (bicyclic) bond motifs is 2. The zero-order valence-corrected chi connectivity index (χ0v) is 45.1. The van der Waals surface area contributed by atoms with Crippen LogP contribution in [0.25, 0.3) is 34.5 Å². The molecule has 0 bridgehead atoms. The number of carbonyl (C=O) groups excluding carboxylic acids is 1. The maximum Gasteiger partial charge on any atom is 0.235 e. The van der Waals surface area contributed by atoms with Gasteiger partial charge >= 0.3 is 0 Å². The molecule has 416 valence electrons. The number of anilines is 7. The number of hydrogen-bond donors (Lipinski definition) is 6. The van der Waals surface area contributed by atoms with E-state index in [1.807, 2.05) is 31.3 Å². The number of rotatable bonds is 12. The van der Waals surface area contributed by atoms with Crippen LogP contribution in [0.5, 0.6) is 5.75 Å². The summed E-state index contributed by atoms with van der Waals surface area (Å²) in [5.74, 6) is 4.54. The minimum atomic E-state index is -0.242. The van der Waals surface area contributed by atoms with E-state index < -0.39 is 0 Å². The number of aromatic nitrogens is 12. The molecule has 11 rings (SSSR count). The van der Waals surface area contributed by atoms with Gasteiger partial charge in [0.05, 0.1) is 31.7 Å². The third-order valence-corrected chi connectivity index (χ3v) is 11.3. The van der Waals surface area contributed by atoms with E-state index in [1.165, 1.54) is 33.8 Å². The zero-order chi connectivity index (χ0) is 55.6. The number of nitrogens with zero attached hydrogens (tertiary/aromatic N) is 15. The molecule has 0 aliphatic carbocycles. The molecule has 1 saturated heterocycles. The van der Waals surface area contributed by atoms with Crippen LogP contribution < -0.4 is 48.3 Å². The summed E-state index contributed by atoms with van der Waals surface area (Å²) in [5, 5.41) is 9.58. The Morgan fingerprint density at radius 3 is 1.72 bits per heavy atom. The first-order valence-corrected chi connectivity index (χ1v) is 25.1. The molecule has 1 fully saturated rings. The Morgan fingerprint density at radius 1 is 0.671 bits per heavy atom. The normalized spacial score (nSPS) is 11.8. The zero-order valence-electron chi connectivity index (χ0n) is 42.1. The summed E-state index contributed by atoms with van der Waals surface area (Å²) in [6, 6.07) is 25.6. The number of nitrogens with one attached hydrogen (secondary N) is 2. The summed E-state index contributed by atoms with van der Waals surface area (Å²) in [6.45, 7) is 10.1. The fraction of sp³-hybridized carbons (Fsp3) is 0.245. The number of carbonyl (C=O) groups is 1. The molecule has 0 atom stereocenters. The first kappa shape index (κ1) is 59.6. The fourth-order valence-corrected chi connectivity index (χ4v) is 7.70. The molecule has 1 aliphatic heterocycles. The monoisotopic (exact) mass is 1160 g/mol. The molecule has 0 radical (unpaired) electrons. The van der Waals surface area contributed by atoms with E-state index >= 15 is 0 Å². The van der Waals surface area contributed by atoms with Gasteiger partial charge in [-0.2, -0.15) is 19.0 Å². The van der Waals surface area contributed by atoms with Crippen molar-refractivity contribution >= 4 is 105 Å². The molecule has 30 heteroatoms. The molecule has 10 heterocycles. The first-order chi connectivity index (χ1) is 37.6. The van der Waals surface area contributed by atoms with Gasteiger partial charge in [0.15, 0.2) is 28.6 Å². The van der Waals surface area contributed by atoms with Crippen LogP contribution in [0.2, 0.25) is 20.6 Å². The number of benzene rings is 1. The van der Waals surface area contributed by atoms with Gasteiger partial charge < -0.3 is 50.7 Å². The molecule has 1 amide bonds. The molecule has 1 aromatic carbocycles. The number of hydrazine groups is 1. The summed E-state index contributed by atoms with van der Waals surface area (Å²) >= 11 is 22.2. The lowest BCUT2D eigenvalue weighted by Gasteiger charge is -2.36. The predicted molar refractivity (Wildman–Crippen MR) is 306 cm³/mol. The summed E-state index contributed by atoms with van der Waals surface area (Å²) in [4.78, 5) is 49.3. The minimum Gasteiger partial charge on any atom is -0.494 e. The van der Waals surface area contributed by atoms with Crippen LogP contribution in [-0.2, 0) is 4.79 Å². The van der Waals surface area contributed by atoms with Crippen molar-refractivity contribution in [2.24, 2.45) is 0 Å². The Bertz CT molecular complexity index is 3340. The van der Waals surface area contributed by atoms with Crippen molar-refractivity contribution in [3.05, 3.63) is 131 Å². The maximum atomic E-state index is 10.5. The molecule has 10 N–H and O–H groups in total. The Labute approximate surface area is 473 Å². The van der Waals surface area contributed by atoms with Gasteiger partial charge in [-0.15, -0.1) is 10.2 Å². The molecule has 1 aliphatic rings. The summed E-state index contributed by atoms with van der Waals surface area (Å²) < 4.78 is 23.8. The standard InChI is InChI=1S/C25H32N8O2.C9H6ClN5O.C6H8ClN5O.C4H3Cl2N3.C4H4O.CH4/c1-3-16-34-20-8-6-19(7-9-20)32-14-12-31(13-15-32)11-10-30(2)22-18-23-27-24(21-5-4-17-35-21)29-33(23)25(26)28-22;10-6-4-7-13-8(5-2-1-3-16-5)14-15(7)9(11)12-6;1-3(13)11-12-5-2-4(7)9-6(8)10-5;5-2-1-3(6)9-4(7)8-2;1-2-4-5-3-1;/h4-9,17-18H,3,10-16H2,1-2H3,(H2,26,28);1-4H,(H2,11,12);2H,1H3,(H,11,13)(H3,8,9,10,12);1H,(H2,7,8,9);1-4H;1H4. The van der Waals surface area contributed by atoms with Gasteiger partial charge in [-0.1, -0.05) is 60.8 Å². The van der Waals surface area contributed by atoms with Crippen LogP contribution in [-0.4, -0.2) is 123 Å². The lowest BCUT2D eigenvalue weighted by Crippen LogP contribution is -2.48. The van der Waals surface area contributed by atoms with Crippen LogP contribution in [0.4, 0.5) is 41.1 Å². The first-order valence-electron chi connectivity index (χ1n) is 23.6. The van der Waals surface area contributed by atoms with E-state index in [1.54, 1.807) is 49.3 Å². The lowest BCUT2D eigenvalue weighted by atomic mass is 10.2. The SMILES string of the molecule is C.CC(=O)NNc1cc(Cl)nc(N)n1.CCCOc1ccc(N2CCN(CCN(C)c3cc4nc(-c5ccco5)nn4c(N)n3)CC2)cc1.Nc1nc(Cl)cc(Cl)n1.Nc1nc(Cl)cc2nc(-c3ccco3)nn12.c1ccoc1. The van der Waals surface area contributed by atoms with E-state index in [2.05, 4.69) is 111 Å². The van der Waals surface area contributed by atoms with Crippen LogP contribution in [0.1, 0.15) is 27.7 Å². The predicted octanol–water partition coefficient (Wildman–Crippen LogP) is 8.09. The van der Waals surface area contributed by atoms with E-state index in [4.69, 9.17) is 82.9 Å². The van der Waals surface area contributed by atoms with E-state index in [-0.39, 0.29) is 51.8 Å². The largest absolute Gasteiger partial charge is 0.494 e. The van der Waals surface area contributed by atoms with Gasteiger partial charge in [-0.3, -0.25) is 20.5 Å². The van der Waals surface area contributed by atoms with Crippen molar-refractivity contribution < 1.29 is 22.8 Å². The molecule has 79 heavy (non-hydrogen) atoms. The second-order valence-electron chi connectivity index (χ2n) is 16.3. The number of halogens is 4. The van der Waals surface area contributed by atoms with Gasteiger partial charge in [0.25, 0.3) is 0 Å². The highest BCUT2D eigenvalue weighted by Crippen LogP contribution is 2.24. The van der Waals surface area contributed by atoms with Gasteiger partial charge in [0.2, 0.25) is 41.3 Å². The smallest absolute Gasteiger partial charge is 0.235 e. The molecule has 0 spiro atoms. The number of ether oxygens (including phenoxy) is 1. The Kier molecular flexibility index (Phi) is 22.0. The van der Waals surface area contributed by atoms with Crippen molar-refractivity contribution in [3.8, 4) is 28.9 Å². The number of nitrogen functional groups attached to an aromatic ring is 4. The average molecular weight is 1160 g/mol. The number of furan rings is 3. The van der Waals surface area contributed by atoms with Crippen molar-refractivity contribution in [3.63, 3.8) is 0 Å². The van der Waals surface area contributed by atoms with Gasteiger partial charge in [-0.05, 0) is 67.1 Å². The van der Waals surface area contributed by atoms with Crippen molar-refractivity contribution in [1.29, 1.82) is 0 Å².